The van der Waals surface area contributed by atoms with Gasteiger partial charge in [0.05, 0.1) is 6.61 Å². The standard InChI is InChI=1S/C25H36O/c1-3-5-18-6-7-20-15-21(9-8-19(20)14-18)22-10-11-24-17-25(26-4-2)13-12-23(24)16-22/h3,5,12-13,17-22H,4,6-11,14-16H2,1-2H3. The predicted octanol–water partition coefficient (Wildman–Crippen LogP) is 6.60. The molecular weight excluding hydrogens is 316 g/mol. The van der Waals surface area contributed by atoms with E-state index < -0.39 is 0 Å². The highest BCUT2D eigenvalue weighted by atomic mass is 16.5. The first kappa shape index (κ1) is 18.1. The van der Waals surface area contributed by atoms with Crippen LogP contribution in [0.5, 0.6) is 5.75 Å². The van der Waals surface area contributed by atoms with Crippen LogP contribution in [0.2, 0.25) is 0 Å². The van der Waals surface area contributed by atoms with E-state index in [0.717, 1.165) is 41.9 Å². The van der Waals surface area contributed by atoms with E-state index in [1.54, 1.807) is 11.1 Å². The normalized spacial score (nSPS) is 34.3. The maximum Gasteiger partial charge on any atom is 0.119 e. The Kier molecular flexibility index (Phi) is 5.72. The van der Waals surface area contributed by atoms with Gasteiger partial charge in [-0.3, -0.25) is 0 Å². The minimum atomic E-state index is 0.765. The Labute approximate surface area is 160 Å². The number of ether oxygens (including phenoxy) is 1. The summed E-state index contributed by atoms with van der Waals surface area (Å²) in [5.74, 6) is 5.88. The van der Waals surface area contributed by atoms with Crippen molar-refractivity contribution < 1.29 is 4.74 Å². The molecule has 0 bridgehead atoms. The molecule has 0 saturated heterocycles. The summed E-state index contributed by atoms with van der Waals surface area (Å²) in [4.78, 5) is 0. The summed E-state index contributed by atoms with van der Waals surface area (Å²) in [5.41, 5.74) is 3.15. The first-order chi connectivity index (χ1) is 12.8. The van der Waals surface area contributed by atoms with Gasteiger partial charge in [-0.2, -0.15) is 0 Å². The fraction of sp³-hybridized carbons (Fsp3) is 0.680. The molecule has 0 spiro atoms. The Morgan fingerprint density at radius 2 is 1.69 bits per heavy atom. The molecule has 1 heteroatoms. The van der Waals surface area contributed by atoms with Crippen molar-refractivity contribution in [3.05, 3.63) is 41.5 Å². The van der Waals surface area contributed by atoms with Crippen molar-refractivity contribution >= 4 is 0 Å². The third kappa shape index (κ3) is 3.87. The average Bonchev–Trinajstić information content (AvgIpc) is 2.68. The molecule has 0 amide bonds. The summed E-state index contributed by atoms with van der Waals surface area (Å²) in [7, 11) is 0. The highest BCUT2D eigenvalue weighted by Gasteiger charge is 2.38. The maximum absolute atomic E-state index is 5.70. The van der Waals surface area contributed by atoms with Crippen molar-refractivity contribution in [3.8, 4) is 5.75 Å². The third-order valence-electron chi connectivity index (χ3n) is 7.58. The molecule has 5 atom stereocenters. The van der Waals surface area contributed by atoms with Crippen molar-refractivity contribution in [2.75, 3.05) is 6.61 Å². The van der Waals surface area contributed by atoms with Crippen molar-refractivity contribution in [2.24, 2.45) is 29.6 Å². The van der Waals surface area contributed by atoms with E-state index >= 15 is 0 Å². The van der Waals surface area contributed by atoms with Gasteiger partial charge in [0.25, 0.3) is 0 Å². The lowest BCUT2D eigenvalue weighted by molar-refractivity contribution is 0.0810. The number of allylic oxidation sites excluding steroid dienone is 2. The van der Waals surface area contributed by atoms with E-state index in [9.17, 15) is 0 Å². The molecule has 0 radical (unpaired) electrons. The quantitative estimate of drug-likeness (QED) is 0.555. The van der Waals surface area contributed by atoms with Gasteiger partial charge in [-0.05, 0) is 124 Å². The molecule has 1 aromatic carbocycles. The Balaban J connectivity index is 1.36. The lowest BCUT2D eigenvalue weighted by atomic mass is 9.61. The van der Waals surface area contributed by atoms with Crippen LogP contribution in [0.25, 0.3) is 0 Å². The monoisotopic (exact) mass is 352 g/mol. The van der Waals surface area contributed by atoms with E-state index in [1.165, 1.54) is 57.8 Å². The molecule has 142 valence electrons. The van der Waals surface area contributed by atoms with E-state index in [-0.39, 0.29) is 0 Å². The summed E-state index contributed by atoms with van der Waals surface area (Å²) < 4.78 is 5.70. The smallest absolute Gasteiger partial charge is 0.119 e. The lowest BCUT2D eigenvalue weighted by Gasteiger charge is -2.44. The summed E-state index contributed by atoms with van der Waals surface area (Å²) in [6.07, 6.45) is 17.6. The van der Waals surface area contributed by atoms with Crippen molar-refractivity contribution in [2.45, 2.75) is 71.6 Å². The molecule has 0 N–H and O–H groups in total. The SMILES string of the molecule is CC=CC1CCC2CC(C3CCc4cc(OCC)ccc4C3)CCC2C1. The number of aryl methyl sites for hydroxylation is 1. The largest absolute Gasteiger partial charge is 0.494 e. The second-order valence-electron chi connectivity index (χ2n) is 9.06. The minimum absolute atomic E-state index is 0.765. The first-order valence-corrected chi connectivity index (χ1v) is 11.1. The molecule has 0 aromatic heterocycles. The van der Waals surface area contributed by atoms with Crippen molar-refractivity contribution in [3.63, 3.8) is 0 Å². The number of hydrogen-bond acceptors (Lipinski definition) is 1. The van der Waals surface area contributed by atoms with Gasteiger partial charge in [0.15, 0.2) is 0 Å². The topological polar surface area (TPSA) is 9.23 Å². The predicted molar refractivity (Wildman–Crippen MR) is 110 cm³/mol. The number of fused-ring (bicyclic) bond motifs is 2. The van der Waals surface area contributed by atoms with Crippen LogP contribution in [0.15, 0.2) is 30.4 Å². The zero-order valence-corrected chi connectivity index (χ0v) is 16.8. The zero-order valence-electron chi connectivity index (χ0n) is 16.8. The van der Waals surface area contributed by atoms with Crippen LogP contribution < -0.4 is 4.74 Å². The van der Waals surface area contributed by atoms with Gasteiger partial charge in [-0.25, -0.2) is 0 Å². The average molecular weight is 353 g/mol. The van der Waals surface area contributed by atoms with E-state index in [1.807, 2.05) is 0 Å². The molecule has 2 fully saturated rings. The number of benzene rings is 1. The van der Waals surface area contributed by atoms with Gasteiger partial charge in [0, 0.05) is 0 Å². The van der Waals surface area contributed by atoms with E-state index in [0.29, 0.717) is 0 Å². The molecule has 0 heterocycles. The molecule has 3 aliphatic rings. The summed E-state index contributed by atoms with van der Waals surface area (Å²) in [5, 5.41) is 0. The minimum Gasteiger partial charge on any atom is -0.494 e. The summed E-state index contributed by atoms with van der Waals surface area (Å²) in [6.45, 7) is 5.01. The number of rotatable bonds is 4. The van der Waals surface area contributed by atoms with Gasteiger partial charge in [0.1, 0.15) is 5.75 Å². The van der Waals surface area contributed by atoms with Gasteiger partial charge >= 0.3 is 0 Å². The fourth-order valence-electron chi connectivity index (χ4n) is 6.26. The van der Waals surface area contributed by atoms with E-state index in [4.69, 9.17) is 4.74 Å². The molecule has 2 saturated carbocycles. The van der Waals surface area contributed by atoms with Gasteiger partial charge in [0.2, 0.25) is 0 Å². The second-order valence-corrected chi connectivity index (χ2v) is 9.06. The van der Waals surface area contributed by atoms with Crippen LogP contribution in [0, 0.1) is 29.6 Å². The van der Waals surface area contributed by atoms with Gasteiger partial charge in [-0.15, -0.1) is 0 Å². The van der Waals surface area contributed by atoms with Crippen LogP contribution >= 0.6 is 0 Å². The van der Waals surface area contributed by atoms with E-state index in [2.05, 4.69) is 44.2 Å². The van der Waals surface area contributed by atoms with Gasteiger partial charge < -0.3 is 4.74 Å². The molecule has 0 aliphatic heterocycles. The third-order valence-corrected chi connectivity index (χ3v) is 7.58. The Bertz CT molecular complexity index is 631. The molecule has 1 aromatic rings. The van der Waals surface area contributed by atoms with Crippen LogP contribution in [0.3, 0.4) is 0 Å². The zero-order chi connectivity index (χ0) is 17.9. The molecule has 1 nitrogen and oxygen atoms in total. The number of hydrogen-bond donors (Lipinski definition) is 0. The first-order valence-electron chi connectivity index (χ1n) is 11.1. The summed E-state index contributed by atoms with van der Waals surface area (Å²) >= 11 is 0. The van der Waals surface area contributed by atoms with Gasteiger partial charge in [-0.1, -0.05) is 18.2 Å². The van der Waals surface area contributed by atoms with Crippen LogP contribution in [-0.2, 0) is 12.8 Å². The molecule has 3 aliphatic carbocycles. The fourth-order valence-corrected chi connectivity index (χ4v) is 6.26. The maximum atomic E-state index is 5.70. The van der Waals surface area contributed by atoms with Crippen LogP contribution in [-0.4, -0.2) is 6.61 Å². The van der Waals surface area contributed by atoms with Crippen LogP contribution in [0.1, 0.15) is 69.9 Å². The summed E-state index contributed by atoms with van der Waals surface area (Å²) in [6, 6.07) is 6.83. The second kappa shape index (κ2) is 8.19. The molecule has 26 heavy (non-hydrogen) atoms. The Morgan fingerprint density at radius 1 is 0.923 bits per heavy atom. The van der Waals surface area contributed by atoms with Crippen molar-refractivity contribution in [1.82, 2.24) is 0 Å². The van der Waals surface area contributed by atoms with Crippen LogP contribution in [0.4, 0.5) is 0 Å². The lowest BCUT2D eigenvalue weighted by Crippen LogP contribution is -2.34. The highest BCUT2D eigenvalue weighted by Crippen LogP contribution is 2.48. The molecule has 4 rings (SSSR count). The Hall–Kier alpha value is -1.24. The Morgan fingerprint density at radius 3 is 2.50 bits per heavy atom. The highest BCUT2D eigenvalue weighted by molar-refractivity contribution is 5.37. The van der Waals surface area contributed by atoms with Crippen molar-refractivity contribution in [1.29, 1.82) is 0 Å². The molecular formula is C25H36O. The molecule has 5 unspecified atom stereocenters.